The van der Waals surface area contributed by atoms with Gasteiger partial charge in [0.1, 0.15) is 11.6 Å². The summed E-state index contributed by atoms with van der Waals surface area (Å²) < 4.78 is 18.4. The third kappa shape index (κ3) is 3.82. The predicted octanol–water partition coefficient (Wildman–Crippen LogP) is 2.69. The molecule has 0 heterocycles. The fourth-order valence-electron chi connectivity index (χ4n) is 1.83. The second-order valence-electron chi connectivity index (χ2n) is 4.39. The number of amides is 1. The summed E-state index contributed by atoms with van der Waals surface area (Å²) in [5, 5.41) is 2.71. The molecule has 104 valence electrons. The van der Waals surface area contributed by atoms with Crippen LogP contribution in [0.5, 0.6) is 5.75 Å². The van der Waals surface area contributed by atoms with Crippen molar-refractivity contribution in [2.45, 2.75) is 13.0 Å². The number of carbonyl (C=O) groups is 1. The van der Waals surface area contributed by atoms with E-state index in [9.17, 15) is 9.18 Å². The van der Waals surface area contributed by atoms with E-state index < -0.39 is 0 Å². The Morgan fingerprint density at radius 2 is 1.85 bits per heavy atom. The minimum atomic E-state index is -0.308. The Hall–Kier alpha value is -2.36. The van der Waals surface area contributed by atoms with Crippen molar-refractivity contribution in [3.63, 3.8) is 0 Å². The van der Waals surface area contributed by atoms with Crippen molar-refractivity contribution in [3.05, 3.63) is 65.5 Å². The van der Waals surface area contributed by atoms with Gasteiger partial charge in [0, 0.05) is 12.1 Å². The quantitative estimate of drug-likeness (QED) is 0.909. The molecule has 2 aromatic rings. The molecule has 0 bridgehead atoms. The molecule has 0 spiro atoms. The first-order valence-electron chi connectivity index (χ1n) is 6.32. The SMILES string of the molecule is COc1ccc(CC(=O)NCc2ccccc2F)cc1. The molecule has 0 saturated heterocycles. The summed E-state index contributed by atoms with van der Waals surface area (Å²) in [6.45, 7) is 0.196. The van der Waals surface area contributed by atoms with Crippen LogP contribution in [0.15, 0.2) is 48.5 Å². The van der Waals surface area contributed by atoms with Gasteiger partial charge in [0.05, 0.1) is 13.5 Å². The number of benzene rings is 2. The summed E-state index contributed by atoms with van der Waals surface area (Å²) in [5.41, 5.74) is 1.37. The van der Waals surface area contributed by atoms with E-state index in [0.717, 1.165) is 11.3 Å². The highest BCUT2D eigenvalue weighted by Gasteiger charge is 2.05. The topological polar surface area (TPSA) is 38.3 Å². The fraction of sp³-hybridized carbons (Fsp3) is 0.188. The van der Waals surface area contributed by atoms with Crippen LogP contribution in [0.4, 0.5) is 4.39 Å². The van der Waals surface area contributed by atoms with Crippen LogP contribution in [0.25, 0.3) is 0 Å². The van der Waals surface area contributed by atoms with E-state index in [-0.39, 0.29) is 24.7 Å². The van der Waals surface area contributed by atoms with Crippen molar-refractivity contribution in [1.29, 1.82) is 0 Å². The molecule has 0 fully saturated rings. The van der Waals surface area contributed by atoms with E-state index in [1.807, 2.05) is 12.1 Å². The van der Waals surface area contributed by atoms with E-state index in [1.54, 1.807) is 37.4 Å². The third-order valence-electron chi connectivity index (χ3n) is 2.96. The first-order valence-corrected chi connectivity index (χ1v) is 6.32. The third-order valence-corrected chi connectivity index (χ3v) is 2.96. The highest BCUT2D eigenvalue weighted by molar-refractivity contribution is 5.78. The Labute approximate surface area is 117 Å². The second kappa shape index (κ2) is 6.70. The van der Waals surface area contributed by atoms with Crippen LogP contribution in [0.3, 0.4) is 0 Å². The lowest BCUT2D eigenvalue weighted by atomic mass is 10.1. The van der Waals surface area contributed by atoms with Gasteiger partial charge in [0.15, 0.2) is 0 Å². The molecule has 0 aliphatic carbocycles. The van der Waals surface area contributed by atoms with E-state index in [4.69, 9.17) is 4.74 Å². The van der Waals surface area contributed by atoms with Gasteiger partial charge in [-0.1, -0.05) is 30.3 Å². The summed E-state index contributed by atoms with van der Waals surface area (Å²) in [6.07, 6.45) is 0.262. The minimum absolute atomic E-state index is 0.140. The van der Waals surface area contributed by atoms with Crippen molar-refractivity contribution in [3.8, 4) is 5.75 Å². The number of hydrogen-bond acceptors (Lipinski definition) is 2. The fourth-order valence-corrected chi connectivity index (χ4v) is 1.83. The highest BCUT2D eigenvalue weighted by atomic mass is 19.1. The van der Waals surface area contributed by atoms with Crippen LogP contribution in [-0.2, 0) is 17.8 Å². The lowest BCUT2D eigenvalue weighted by molar-refractivity contribution is -0.120. The summed E-state index contributed by atoms with van der Waals surface area (Å²) in [7, 11) is 1.59. The zero-order chi connectivity index (χ0) is 14.4. The lowest BCUT2D eigenvalue weighted by Gasteiger charge is -2.07. The average Bonchev–Trinajstić information content (AvgIpc) is 2.47. The Balaban J connectivity index is 1.87. The summed E-state index contributed by atoms with van der Waals surface area (Å²) >= 11 is 0. The van der Waals surface area contributed by atoms with Gasteiger partial charge in [-0.25, -0.2) is 4.39 Å². The number of ether oxygens (including phenoxy) is 1. The Kier molecular flexibility index (Phi) is 4.71. The molecule has 0 aliphatic heterocycles. The number of methoxy groups -OCH3 is 1. The van der Waals surface area contributed by atoms with Gasteiger partial charge < -0.3 is 10.1 Å². The number of hydrogen-bond donors (Lipinski definition) is 1. The van der Waals surface area contributed by atoms with Crippen LogP contribution in [0.1, 0.15) is 11.1 Å². The van der Waals surface area contributed by atoms with Gasteiger partial charge in [-0.3, -0.25) is 4.79 Å². The summed E-state index contributed by atoms with van der Waals surface area (Å²) in [5.74, 6) is 0.302. The predicted molar refractivity (Wildman–Crippen MR) is 74.9 cm³/mol. The zero-order valence-corrected chi connectivity index (χ0v) is 11.2. The summed E-state index contributed by atoms with van der Waals surface area (Å²) in [4.78, 5) is 11.8. The van der Waals surface area contributed by atoms with Crippen LogP contribution < -0.4 is 10.1 Å². The first kappa shape index (κ1) is 14.1. The molecule has 2 rings (SSSR count). The molecule has 20 heavy (non-hydrogen) atoms. The van der Waals surface area contributed by atoms with Crippen LogP contribution >= 0.6 is 0 Å². The van der Waals surface area contributed by atoms with E-state index in [0.29, 0.717) is 5.56 Å². The molecule has 0 atom stereocenters. The average molecular weight is 273 g/mol. The normalized spacial score (nSPS) is 10.1. The van der Waals surface area contributed by atoms with Gasteiger partial charge in [-0.15, -0.1) is 0 Å². The van der Waals surface area contributed by atoms with Crippen molar-refractivity contribution in [2.75, 3.05) is 7.11 Å². The van der Waals surface area contributed by atoms with Crippen molar-refractivity contribution >= 4 is 5.91 Å². The molecule has 0 radical (unpaired) electrons. The zero-order valence-electron chi connectivity index (χ0n) is 11.2. The monoisotopic (exact) mass is 273 g/mol. The van der Waals surface area contributed by atoms with Gasteiger partial charge in [-0.05, 0) is 23.8 Å². The lowest BCUT2D eigenvalue weighted by Crippen LogP contribution is -2.24. The maximum absolute atomic E-state index is 13.4. The van der Waals surface area contributed by atoms with Crippen LogP contribution in [-0.4, -0.2) is 13.0 Å². The van der Waals surface area contributed by atoms with Crippen LogP contribution in [0.2, 0.25) is 0 Å². The molecular weight excluding hydrogens is 257 g/mol. The van der Waals surface area contributed by atoms with E-state index in [1.165, 1.54) is 6.07 Å². The van der Waals surface area contributed by atoms with Crippen molar-refractivity contribution in [2.24, 2.45) is 0 Å². The number of halogens is 1. The van der Waals surface area contributed by atoms with Gasteiger partial charge in [-0.2, -0.15) is 0 Å². The van der Waals surface area contributed by atoms with Gasteiger partial charge >= 0.3 is 0 Å². The van der Waals surface area contributed by atoms with Gasteiger partial charge in [0.25, 0.3) is 0 Å². The van der Waals surface area contributed by atoms with Crippen molar-refractivity contribution < 1.29 is 13.9 Å². The number of carbonyl (C=O) groups excluding carboxylic acids is 1. The highest BCUT2D eigenvalue weighted by Crippen LogP contribution is 2.12. The second-order valence-corrected chi connectivity index (χ2v) is 4.39. The molecule has 0 saturated carbocycles. The Morgan fingerprint density at radius 3 is 2.50 bits per heavy atom. The number of nitrogens with one attached hydrogen (secondary N) is 1. The molecule has 1 amide bonds. The molecule has 0 unspecified atom stereocenters. The summed E-state index contributed by atoms with van der Waals surface area (Å²) in [6, 6.07) is 13.7. The standard InChI is InChI=1S/C16H16FNO2/c1-20-14-8-6-12(7-9-14)10-16(19)18-11-13-4-2-3-5-15(13)17/h2-9H,10-11H2,1H3,(H,18,19). The molecule has 3 nitrogen and oxygen atoms in total. The van der Waals surface area contributed by atoms with E-state index in [2.05, 4.69) is 5.32 Å². The molecule has 1 N–H and O–H groups in total. The Bertz CT molecular complexity index is 581. The smallest absolute Gasteiger partial charge is 0.224 e. The molecule has 4 heteroatoms. The maximum Gasteiger partial charge on any atom is 0.224 e. The molecule has 0 aliphatic rings. The minimum Gasteiger partial charge on any atom is -0.497 e. The van der Waals surface area contributed by atoms with Gasteiger partial charge in [0.2, 0.25) is 5.91 Å². The number of rotatable bonds is 5. The van der Waals surface area contributed by atoms with Crippen molar-refractivity contribution in [1.82, 2.24) is 5.32 Å². The Morgan fingerprint density at radius 1 is 1.15 bits per heavy atom. The maximum atomic E-state index is 13.4. The van der Waals surface area contributed by atoms with Crippen LogP contribution in [0, 0.1) is 5.82 Å². The molecule has 0 aromatic heterocycles. The largest absolute Gasteiger partial charge is 0.497 e. The van der Waals surface area contributed by atoms with E-state index >= 15 is 0 Å². The first-order chi connectivity index (χ1) is 9.69. The molecular formula is C16H16FNO2. The molecule has 2 aromatic carbocycles.